The summed E-state index contributed by atoms with van der Waals surface area (Å²) in [7, 11) is 1.64. The van der Waals surface area contributed by atoms with Crippen LogP contribution in [0.25, 0.3) is 0 Å². The van der Waals surface area contributed by atoms with Gasteiger partial charge < -0.3 is 14.8 Å². The highest BCUT2D eigenvalue weighted by Crippen LogP contribution is 2.17. The fourth-order valence-corrected chi connectivity index (χ4v) is 3.42. The first kappa shape index (κ1) is 22.1. The van der Waals surface area contributed by atoms with Crippen molar-refractivity contribution in [3.8, 4) is 11.5 Å². The molecule has 1 N–H and O–H groups in total. The first-order valence-electron chi connectivity index (χ1n) is 10.3. The number of ether oxygens (including phenoxy) is 2. The number of hydrogen-bond acceptors (Lipinski definition) is 5. The summed E-state index contributed by atoms with van der Waals surface area (Å²) in [6, 6.07) is 12.0. The SMILES string of the molecule is COc1ccc(OCCN2CCN([C@H](C)C(=O)Nc3ccc(C)c(F)c3)CC2)cc1. The smallest absolute Gasteiger partial charge is 0.241 e. The van der Waals surface area contributed by atoms with E-state index >= 15 is 0 Å². The molecular formula is C23H30FN3O3. The van der Waals surface area contributed by atoms with Crippen LogP contribution in [0.2, 0.25) is 0 Å². The number of carbonyl (C=O) groups is 1. The van der Waals surface area contributed by atoms with Crippen LogP contribution in [0.5, 0.6) is 11.5 Å². The van der Waals surface area contributed by atoms with Gasteiger partial charge in [-0.1, -0.05) is 6.07 Å². The van der Waals surface area contributed by atoms with Crippen molar-refractivity contribution in [1.82, 2.24) is 9.80 Å². The second kappa shape index (κ2) is 10.4. The van der Waals surface area contributed by atoms with Gasteiger partial charge in [-0.05, 0) is 55.8 Å². The van der Waals surface area contributed by atoms with Gasteiger partial charge in [-0.2, -0.15) is 0 Å². The molecule has 0 aromatic heterocycles. The molecule has 6 nitrogen and oxygen atoms in total. The Kier molecular flexibility index (Phi) is 7.65. The molecule has 30 heavy (non-hydrogen) atoms. The molecule has 1 aliphatic rings. The van der Waals surface area contributed by atoms with Gasteiger partial charge in [0.2, 0.25) is 5.91 Å². The topological polar surface area (TPSA) is 54.0 Å². The Morgan fingerprint density at radius 1 is 1.10 bits per heavy atom. The number of aryl methyl sites for hydroxylation is 1. The second-order valence-corrected chi connectivity index (χ2v) is 7.53. The van der Waals surface area contributed by atoms with E-state index in [4.69, 9.17) is 9.47 Å². The predicted molar refractivity (Wildman–Crippen MR) is 116 cm³/mol. The molecule has 2 aromatic rings. The van der Waals surface area contributed by atoms with Crippen molar-refractivity contribution in [2.24, 2.45) is 0 Å². The monoisotopic (exact) mass is 415 g/mol. The fraction of sp³-hybridized carbons (Fsp3) is 0.435. The summed E-state index contributed by atoms with van der Waals surface area (Å²) in [6.45, 7) is 8.40. The van der Waals surface area contributed by atoms with Crippen LogP contribution in [0.4, 0.5) is 10.1 Å². The number of methoxy groups -OCH3 is 1. The Hall–Kier alpha value is -2.64. The number of carbonyl (C=O) groups excluding carboxylic acids is 1. The summed E-state index contributed by atoms with van der Waals surface area (Å²) in [5, 5.41) is 2.82. The molecule has 0 bridgehead atoms. The van der Waals surface area contributed by atoms with Gasteiger partial charge in [-0.15, -0.1) is 0 Å². The standard InChI is InChI=1S/C23H30FN3O3/c1-17-4-5-19(16-22(17)24)25-23(28)18(2)27-12-10-26(11-13-27)14-15-30-21-8-6-20(29-3)7-9-21/h4-9,16,18H,10-15H2,1-3H3,(H,25,28)/t18-/m1/s1. The second-order valence-electron chi connectivity index (χ2n) is 7.53. The molecule has 0 spiro atoms. The number of anilines is 1. The van der Waals surface area contributed by atoms with Crippen molar-refractivity contribution in [2.75, 3.05) is 51.8 Å². The third-order valence-corrected chi connectivity index (χ3v) is 5.51. The van der Waals surface area contributed by atoms with Crippen molar-refractivity contribution in [1.29, 1.82) is 0 Å². The first-order chi connectivity index (χ1) is 14.5. The van der Waals surface area contributed by atoms with E-state index in [1.807, 2.05) is 31.2 Å². The van der Waals surface area contributed by atoms with E-state index < -0.39 is 0 Å². The molecule has 7 heteroatoms. The highest BCUT2D eigenvalue weighted by atomic mass is 19.1. The Morgan fingerprint density at radius 2 is 1.77 bits per heavy atom. The van der Waals surface area contributed by atoms with Crippen molar-refractivity contribution >= 4 is 11.6 Å². The summed E-state index contributed by atoms with van der Waals surface area (Å²) >= 11 is 0. The molecular weight excluding hydrogens is 385 g/mol. The van der Waals surface area contributed by atoms with Gasteiger partial charge in [0.1, 0.15) is 23.9 Å². The number of rotatable bonds is 8. The normalized spacial score (nSPS) is 16.1. The zero-order valence-electron chi connectivity index (χ0n) is 17.9. The molecule has 1 saturated heterocycles. The zero-order valence-corrected chi connectivity index (χ0v) is 17.9. The summed E-state index contributed by atoms with van der Waals surface area (Å²) in [5.74, 6) is 1.21. The molecule has 162 valence electrons. The lowest BCUT2D eigenvalue weighted by molar-refractivity contribution is -0.121. The molecule has 1 amide bonds. The Labute approximate surface area is 177 Å². The summed E-state index contributed by atoms with van der Waals surface area (Å²) in [6.07, 6.45) is 0. The quantitative estimate of drug-likeness (QED) is 0.718. The average Bonchev–Trinajstić information content (AvgIpc) is 2.77. The average molecular weight is 416 g/mol. The van der Waals surface area contributed by atoms with Crippen LogP contribution in [-0.4, -0.2) is 68.2 Å². The van der Waals surface area contributed by atoms with E-state index in [0.29, 0.717) is 17.9 Å². The number of halogens is 1. The van der Waals surface area contributed by atoms with Crippen molar-refractivity contribution in [3.05, 3.63) is 53.8 Å². The molecule has 0 radical (unpaired) electrons. The molecule has 1 heterocycles. The van der Waals surface area contributed by atoms with Gasteiger partial charge in [0.25, 0.3) is 0 Å². The van der Waals surface area contributed by atoms with Gasteiger partial charge >= 0.3 is 0 Å². The van der Waals surface area contributed by atoms with Crippen LogP contribution >= 0.6 is 0 Å². The Morgan fingerprint density at radius 3 is 2.40 bits per heavy atom. The molecule has 1 fully saturated rings. The lowest BCUT2D eigenvalue weighted by Crippen LogP contribution is -2.53. The van der Waals surface area contributed by atoms with Gasteiger partial charge in [-0.3, -0.25) is 14.6 Å². The van der Waals surface area contributed by atoms with Crippen molar-refractivity contribution in [2.45, 2.75) is 19.9 Å². The zero-order chi connectivity index (χ0) is 21.5. The van der Waals surface area contributed by atoms with E-state index in [9.17, 15) is 9.18 Å². The largest absolute Gasteiger partial charge is 0.497 e. The molecule has 0 saturated carbocycles. The minimum atomic E-state index is -0.314. The van der Waals surface area contributed by atoms with Crippen LogP contribution in [-0.2, 0) is 4.79 Å². The van der Waals surface area contributed by atoms with Gasteiger partial charge in [0.05, 0.1) is 13.2 Å². The van der Waals surface area contributed by atoms with E-state index in [-0.39, 0.29) is 17.8 Å². The summed E-state index contributed by atoms with van der Waals surface area (Å²) in [5.41, 5.74) is 1.05. The minimum Gasteiger partial charge on any atom is -0.497 e. The van der Waals surface area contributed by atoms with Crippen molar-refractivity contribution < 1.29 is 18.7 Å². The summed E-state index contributed by atoms with van der Waals surface area (Å²) < 4.78 is 24.6. The van der Waals surface area contributed by atoms with E-state index in [1.165, 1.54) is 6.07 Å². The Balaban J connectivity index is 1.39. The number of piperazine rings is 1. The number of nitrogens with zero attached hydrogens (tertiary/aromatic N) is 2. The maximum Gasteiger partial charge on any atom is 0.241 e. The van der Waals surface area contributed by atoms with E-state index in [2.05, 4.69) is 15.1 Å². The van der Waals surface area contributed by atoms with Gasteiger partial charge in [0.15, 0.2) is 0 Å². The number of hydrogen-bond donors (Lipinski definition) is 1. The number of amides is 1. The Bertz CT molecular complexity index is 836. The lowest BCUT2D eigenvalue weighted by Gasteiger charge is -2.37. The molecule has 2 aromatic carbocycles. The molecule has 1 aliphatic heterocycles. The fourth-order valence-electron chi connectivity index (χ4n) is 3.42. The lowest BCUT2D eigenvalue weighted by atomic mass is 10.2. The third kappa shape index (κ3) is 5.93. The highest BCUT2D eigenvalue weighted by Gasteiger charge is 2.25. The van der Waals surface area contributed by atoms with Gasteiger partial charge in [-0.25, -0.2) is 4.39 Å². The molecule has 1 atom stereocenters. The summed E-state index contributed by atoms with van der Waals surface area (Å²) in [4.78, 5) is 17.0. The van der Waals surface area contributed by atoms with Crippen LogP contribution in [0.3, 0.4) is 0 Å². The number of nitrogens with one attached hydrogen (secondary N) is 1. The highest BCUT2D eigenvalue weighted by molar-refractivity contribution is 5.94. The maximum absolute atomic E-state index is 13.7. The van der Waals surface area contributed by atoms with Crippen LogP contribution in [0.1, 0.15) is 12.5 Å². The predicted octanol–water partition coefficient (Wildman–Crippen LogP) is 3.17. The van der Waals surface area contributed by atoms with Gasteiger partial charge in [0, 0.05) is 38.4 Å². The van der Waals surface area contributed by atoms with E-state index in [1.54, 1.807) is 26.2 Å². The van der Waals surface area contributed by atoms with Crippen LogP contribution in [0.15, 0.2) is 42.5 Å². The minimum absolute atomic E-state index is 0.116. The van der Waals surface area contributed by atoms with Crippen LogP contribution in [0, 0.1) is 12.7 Å². The van der Waals surface area contributed by atoms with Crippen LogP contribution < -0.4 is 14.8 Å². The molecule has 0 unspecified atom stereocenters. The number of benzene rings is 2. The molecule has 3 rings (SSSR count). The maximum atomic E-state index is 13.7. The first-order valence-corrected chi connectivity index (χ1v) is 10.3. The van der Waals surface area contributed by atoms with E-state index in [0.717, 1.165) is 44.2 Å². The van der Waals surface area contributed by atoms with Crippen molar-refractivity contribution in [3.63, 3.8) is 0 Å². The third-order valence-electron chi connectivity index (χ3n) is 5.51. The molecule has 0 aliphatic carbocycles.